The lowest BCUT2D eigenvalue weighted by Gasteiger charge is -2.27. The summed E-state index contributed by atoms with van der Waals surface area (Å²) in [6, 6.07) is 6.82. The highest BCUT2D eigenvalue weighted by molar-refractivity contribution is 8.22. The van der Waals surface area contributed by atoms with Crippen molar-refractivity contribution in [3.05, 3.63) is 50.3 Å². The Morgan fingerprint density at radius 1 is 1.45 bits per heavy atom. The van der Waals surface area contributed by atoms with Crippen molar-refractivity contribution in [2.24, 2.45) is 0 Å². The molecule has 4 nitrogen and oxygen atoms in total. The minimum absolute atomic E-state index is 0.134. The smallest absolute Gasteiger partial charge is 0.269 e. The highest BCUT2D eigenvalue weighted by Gasteiger charge is 2.24. The summed E-state index contributed by atoms with van der Waals surface area (Å²) in [6.07, 6.45) is 5.19. The Morgan fingerprint density at radius 3 is 2.70 bits per heavy atom. The zero-order valence-corrected chi connectivity index (χ0v) is 13.1. The maximum atomic E-state index is 10.7. The van der Waals surface area contributed by atoms with E-state index in [-0.39, 0.29) is 22.0 Å². The van der Waals surface area contributed by atoms with E-state index in [0.29, 0.717) is 6.61 Å². The summed E-state index contributed by atoms with van der Waals surface area (Å²) in [4.78, 5) is 10.3. The van der Waals surface area contributed by atoms with E-state index in [2.05, 4.69) is 12.3 Å². The number of hydrogen-bond donors (Lipinski definition) is 0. The van der Waals surface area contributed by atoms with Gasteiger partial charge in [-0.15, -0.1) is 11.8 Å². The van der Waals surface area contributed by atoms with Crippen molar-refractivity contribution in [3.63, 3.8) is 0 Å². The van der Waals surface area contributed by atoms with E-state index in [1.165, 1.54) is 4.24 Å². The first-order valence-electron chi connectivity index (χ1n) is 6.42. The van der Waals surface area contributed by atoms with Crippen LogP contribution in [0.5, 0.6) is 0 Å². The van der Waals surface area contributed by atoms with Gasteiger partial charge in [-0.05, 0) is 25.2 Å². The van der Waals surface area contributed by atoms with Crippen LogP contribution in [-0.4, -0.2) is 23.2 Å². The summed E-state index contributed by atoms with van der Waals surface area (Å²) in [5, 5.41) is 10.7. The van der Waals surface area contributed by atoms with Crippen LogP contribution in [0.4, 0.5) is 5.69 Å². The maximum Gasteiger partial charge on any atom is 0.269 e. The average molecular weight is 311 g/mol. The largest absolute Gasteiger partial charge is 0.367 e. The van der Waals surface area contributed by atoms with Crippen LogP contribution in [0.3, 0.4) is 0 Å². The Morgan fingerprint density at radius 2 is 2.15 bits per heavy atom. The summed E-state index contributed by atoms with van der Waals surface area (Å²) in [6.45, 7) is 2.70. The number of rotatable bonds is 5. The van der Waals surface area contributed by atoms with E-state index in [9.17, 15) is 10.1 Å². The molecule has 0 aliphatic carbocycles. The quantitative estimate of drug-likeness (QED) is 0.596. The molecule has 2 unspecified atom stereocenters. The normalized spacial score (nSPS) is 22.4. The van der Waals surface area contributed by atoms with E-state index in [0.717, 1.165) is 12.0 Å². The molecule has 1 aromatic rings. The zero-order chi connectivity index (χ0) is 14.5. The summed E-state index contributed by atoms with van der Waals surface area (Å²) < 4.78 is 6.98. The molecule has 1 heterocycles. The summed E-state index contributed by atoms with van der Waals surface area (Å²) in [5.41, 5.74) is 1.40. The number of nitro benzene ring substituents is 1. The van der Waals surface area contributed by atoms with Crippen LogP contribution in [0.2, 0.25) is 0 Å². The third kappa shape index (κ3) is 3.77. The molecule has 0 amide bonds. The second-order valence-electron chi connectivity index (χ2n) is 4.38. The number of non-ortho nitro benzene ring substituents is 1. The number of nitro groups is 1. The van der Waals surface area contributed by atoms with E-state index >= 15 is 0 Å². The Kier molecular flexibility index (Phi) is 5.51. The first kappa shape index (κ1) is 15.4. The van der Waals surface area contributed by atoms with Gasteiger partial charge in [-0.3, -0.25) is 10.1 Å². The standard InChI is InChI=1S/C14H17NO3S2/c1-3-18-13-8-11(9-14(19-2)20-13)10-4-6-12(7-5-10)15(16)17/h4-7,9,11,13H,3,8H2,1-2H3. The Labute approximate surface area is 127 Å². The predicted molar refractivity (Wildman–Crippen MR) is 85.1 cm³/mol. The molecule has 0 N–H and O–H groups in total. The number of benzene rings is 1. The molecule has 2 rings (SSSR count). The third-order valence-electron chi connectivity index (χ3n) is 3.12. The fraction of sp³-hybridized carbons (Fsp3) is 0.429. The van der Waals surface area contributed by atoms with Crippen molar-refractivity contribution in [3.8, 4) is 0 Å². The van der Waals surface area contributed by atoms with Crippen molar-refractivity contribution in [2.75, 3.05) is 12.9 Å². The minimum Gasteiger partial charge on any atom is -0.367 e. The lowest BCUT2D eigenvalue weighted by atomic mass is 9.95. The molecule has 6 heteroatoms. The molecular weight excluding hydrogens is 294 g/mol. The van der Waals surface area contributed by atoms with Crippen molar-refractivity contribution in [2.45, 2.75) is 24.7 Å². The van der Waals surface area contributed by atoms with E-state index in [4.69, 9.17) is 4.74 Å². The van der Waals surface area contributed by atoms with Crippen molar-refractivity contribution >= 4 is 29.2 Å². The highest BCUT2D eigenvalue weighted by atomic mass is 32.2. The maximum absolute atomic E-state index is 10.7. The number of ether oxygens (including phenoxy) is 1. The number of nitrogens with zero attached hydrogens (tertiary/aromatic N) is 1. The van der Waals surface area contributed by atoms with Gasteiger partial charge in [0.05, 0.1) is 4.92 Å². The molecule has 1 aliphatic rings. The van der Waals surface area contributed by atoms with Crippen LogP contribution < -0.4 is 0 Å². The van der Waals surface area contributed by atoms with Crippen LogP contribution in [0.15, 0.2) is 34.6 Å². The second kappa shape index (κ2) is 7.15. The van der Waals surface area contributed by atoms with Gasteiger partial charge < -0.3 is 4.74 Å². The van der Waals surface area contributed by atoms with Crippen LogP contribution in [0, 0.1) is 10.1 Å². The van der Waals surface area contributed by atoms with E-state index in [1.54, 1.807) is 35.7 Å². The number of hydrogen-bond acceptors (Lipinski definition) is 5. The van der Waals surface area contributed by atoms with Gasteiger partial charge in [0.2, 0.25) is 0 Å². The van der Waals surface area contributed by atoms with Gasteiger partial charge in [-0.2, -0.15) is 0 Å². The lowest BCUT2D eigenvalue weighted by Crippen LogP contribution is -2.16. The topological polar surface area (TPSA) is 52.4 Å². The molecule has 1 aromatic carbocycles. The molecular formula is C14H17NO3S2. The van der Waals surface area contributed by atoms with Gasteiger partial charge in [0.15, 0.2) is 0 Å². The summed E-state index contributed by atoms with van der Waals surface area (Å²) in [7, 11) is 0. The Bertz CT molecular complexity index is 502. The van der Waals surface area contributed by atoms with Crippen molar-refractivity contribution < 1.29 is 9.66 Å². The van der Waals surface area contributed by atoms with E-state index < -0.39 is 0 Å². The molecule has 0 bridgehead atoms. The molecule has 0 spiro atoms. The lowest BCUT2D eigenvalue weighted by molar-refractivity contribution is -0.384. The zero-order valence-electron chi connectivity index (χ0n) is 11.4. The molecule has 1 aliphatic heterocycles. The Hall–Kier alpha value is -0.980. The molecule has 0 fully saturated rings. The molecule has 20 heavy (non-hydrogen) atoms. The van der Waals surface area contributed by atoms with Crippen LogP contribution >= 0.6 is 23.5 Å². The number of allylic oxidation sites excluding steroid dienone is 1. The van der Waals surface area contributed by atoms with Gasteiger partial charge in [0, 0.05) is 28.9 Å². The first-order valence-corrected chi connectivity index (χ1v) is 8.53. The van der Waals surface area contributed by atoms with Gasteiger partial charge in [0.25, 0.3) is 5.69 Å². The third-order valence-corrected chi connectivity index (χ3v) is 5.40. The van der Waals surface area contributed by atoms with Crippen LogP contribution in [0.1, 0.15) is 24.8 Å². The fourth-order valence-electron chi connectivity index (χ4n) is 2.14. The SMILES string of the molecule is CCOC1CC(c2ccc([N+](=O)[O-])cc2)C=C(SC)S1. The first-order chi connectivity index (χ1) is 9.63. The fourth-order valence-corrected chi connectivity index (χ4v) is 4.15. The summed E-state index contributed by atoms with van der Waals surface area (Å²) >= 11 is 3.47. The van der Waals surface area contributed by atoms with Crippen LogP contribution in [-0.2, 0) is 4.74 Å². The average Bonchev–Trinajstić information content (AvgIpc) is 2.47. The molecule has 0 radical (unpaired) electrons. The van der Waals surface area contributed by atoms with Crippen molar-refractivity contribution in [1.82, 2.24) is 0 Å². The second-order valence-corrected chi connectivity index (χ2v) is 6.69. The molecule has 108 valence electrons. The van der Waals surface area contributed by atoms with Crippen LogP contribution in [0.25, 0.3) is 0 Å². The summed E-state index contributed by atoms with van der Waals surface area (Å²) in [5.74, 6) is 0.260. The van der Waals surface area contributed by atoms with E-state index in [1.807, 2.05) is 19.1 Å². The van der Waals surface area contributed by atoms with Gasteiger partial charge in [0.1, 0.15) is 5.44 Å². The molecule has 0 aromatic heterocycles. The van der Waals surface area contributed by atoms with Crippen molar-refractivity contribution in [1.29, 1.82) is 0 Å². The molecule has 0 saturated heterocycles. The Balaban J connectivity index is 2.19. The molecule has 0 saturated carbocycles. The van der Waals surface area contributed by atoms with Gasteiger partial charge in [-0.1, -0.05) is 30.0 Å². The monoisotopic (exact) mass is 311 g/mol. The molecule has 2 atom stereocenters. The van der Waals surface area contributed by atoms with Gasteiger partial charge in [-0.25, -0.2) is 0 Å². The number of thioether (sulfide) groups is 2. The predicted octanol–water partition coefficient (Wildman–Crippen LogP) is 4.38. The van der Waals surface area contributed by atoms with Gasteiger partial charge >= 0.3 is 0 Å². The minimum atomic E-state index is -0.368. The highest BCUT2D eigenvalue weighted by Crippen LogP contribution is 2.43.